The number of hydrogen-bond donors (Lipinski definition) is 1. The Morgan fingerprint density at radius 1 is 1.50 bits per heavy atom. The van der Waals surface area contributed by atoms with Gasteiger partial charge in [-0.25, -0.2) is 0 Å². The quantitative estimate of drug-likeness (QED) is 0.564. The van der Waals surface area contributed by atoms with Gasteiger partial charge in [-0.3, -0.25) is 4.79 Å². The van der Waals surface area contributed by atoms with Gasteiger partial charge in [-0.05, 0) is 6.92 Å². The number of nitrogen functional groups attached to an aromatic ring is 1. The molecule has 4 heteroatoms. The van der Waals surface area contributed by atoms with Crippen LogP contribution in [0.2, 0.25) is 0 Å². The van der Waals surface area contributed by atoms with E-state index in [1.807, 2.05) is 0 Å². The first-order chi connectivity index (χ1) is 4.72. The van der Waals surface area contributed by atoms with E-state index in [1.54, 1.807) is 0 Å². The van der Waals surface area contributed by atoms with Gasteiger partial charge in [0, 0.05) is 0 Å². The molecule has 0 fully saturated rings. The Hall–Kier alpha value is -1.45. The van der Waals surface area contributed by atoms with Crippen LogP contribution in [0.1, 0.15) is 17.3 Å². The number of nitrogens with two attached hydrogens (primary N) is 1. The molecule has 0 atom stereocenters. The van der Waals surface area contributed by atoms with Crippen LogP contribution in [0.5, 0.6) is 0 Å². The highest BCUT2D eigenvalue weighted by molar-refractivity contribution is 5.98. The zero-order valence-electron chi connectivity index (χ0n) is 5.53. The molecule has 0 radical (unpaired) electrons. The Morgan fingerprint density at radius 2 is 2.10 bits per heavy atom. The number of hydrogen-bond acceptors (Lipinski definition) is 4. The lowest BCUT2D eigenvalue weighted by molar-refractivity contribution is 0.101. The number of ketones is 1. The fourth-order valence-corrected chi connectivity index (χ4v) is 0.625. The molecular weight excluding hydrogens is 130 g/mol. The van der Waals surface area contributed by atoms with Gasteiger partial charge < -0.3 is 5.73 Å². The van der Waals surface area contributed by atoms with Crippen LogP contribution in [0.25, 0.3) is 0 Å². The normalized spacial score (nSPS) is 9.30. The minimum Gasteiger partial charge on any atom is -0.397 e. The maximum absolute atomic E-state index is 10.7. The Balaban J connectivity index is 3.15. The first-order valence-electron chi connectivity index (χ1n) is 2.79. The van der Waals surface area contributed by atoms with E-state index in [1.165, 1.54) is 19.3 Å². The van der Waals surface area contributed by atoms with Crippen molar-refractivity contribution in [2.24, 2.45) is 0 Å². The van der Waals surface area contributed by atoms with Gasteiger partial charge in [0.1, 0.15) is 0 Å². The van der Waals surface area contributed by atoms with E-state index in [0.29, 0.717) is 11.3 Å². The summed E-state index contributed by atoms with van der Waals surface area (Å²) in [6, 6.07) is 0. The van der Waals surface area contributed by atoms with E-state index in [4.69, 9.17) is 5.73 Å². The zero-order valence-corrected chi connectivity index (χ0v) is 5.53. The summed E-state index contributed by atoms with van der Waals surface area (Å²) in [6.45, 7) is 1.44. The number of nitrogens with zero attached hydrogens (tertiary/aromatic N) is 2. The average molecular weight is 137 g/mol. The van der Waals surface area contributed by atoms with E-state index in [-0.39, 0.29) is 5.78 Å². The predicted molar refractivity (Wildman–Crippen MR) is 36.4 cm³/mol. The van der Waals surface area contributed by atoms with Crippen LogP contribution in [0.15, 0.2) is 12.4 Å². The molecule has 4 nitrogen and oxygen atoms in total. The molecule has 10 heavy (non-hydrogen) atoms. The molecule has 1 aromatic rings. The van der Waals surface area contributed by atoms with Gasteiger partial charge in [0.05, 0.1) is 23.6 Å². The number of carbonyl (C=O) groups excluding carboxylic acids is 1. The van der Waals surface area contributed by atoms with Crippen molar-refractivity contribution in [2.75, 3.05) is 5.73 Å². The molecule has 0 unspecified atom stereocenters. The van der Waals surface area contributed by atoms with Crippen molar-refractivity contribution in [3.05, 3.63) is 18.0 Å². The molecule has 1 aromatic heterocycles. The molecule has 0 amide bonds. The lowest BCUT2D eigenvalue weighted by atomic mass is 10.2. The molecular formula is C6H7N3O. The predicted octanol–water partition coefficient (Wildman–Crippen LogP) is 0.261. The maximum Gasteiger partial charge on any atom is 0.163 e. The van der Waals surface area contributed by atoms with Crippen LogP contribution >= 0.6 is 0 Å². The Labute approximate surface area is 58.1 Å². The topological polar surface area (TPSA) is 68.9 Å². The summed E-state index contributed by atoms with van der Waals surface area (Å²) in [5.74, 6) is -0.0904. The van der Waals surface area contributed by atoms with Gasteiger partial charge in [0.2, 0.25) is 0 Å². The minimum absolute atomic E-state index is 0.0904. The van der Waals surface area contributed by atoms with Gasteiger partial charge >= 0.3 is 0 Å². The highest BCUT2D eigenvalue weighted by Crippen LogP contribution is 2.06. The van der Waals surface area contributed by atoms with Gasteiger partial charge in [0.25, 0.3) is 0 Å². The summed E-state index contributed by atoms with van der Waals surface area (Å²) in [4.78, 5) is 10.7. The van der Waals surface area contributed by atoms with E-state index in [0.717, 1.165) is 0 Å². The SMILES string of the molecule is CC(=O)c1cnncc1N. The van der Waals surface area contributed by atoms with Crippen LogP contribution in [0.4, 0.5) is 5.69 Å². The van der Waals surface area contributed by atoms with E-state index in [9.17, 15) is 4.79 Å². The van der Waals surface area contributed by atoms with E-state index < -0.39 is 0 Å². The fraction of sp³-hybridized carbons (Fsp3) is 0.167. The molecule has 0 spiro atoms. The average Bonchev–Trinajstić information content (AvgIpc) is 1.88. The van der Waals surface area contributed by atoms with Crippen molar-refractivity contribution in [2.45, 2.75) is 6.92 Å². The van der Waals surface area contributed by atoms with Gasteiger partial charge in [0.15, 0.2) is 5.78 Å². The number of Topliss-reactive ketones (excluding diaryl/α,β-unsaturated/α-hetero) is 1. The summed E-state index contributed by atoms with van der Waals surface area (Å²) in [7, 11) is 0. The first kappa shape index (κ1) is 6.67. The van der Waals surface area contributed by atoms with E-state index in [2.05, 4.69) is 10.2 Å². The first-order valence-corrected chi connectivity index (χ1v) is 2.79. The number of rotatable bonds is 1. The second-order valence-corrected chi connectivity index (χ2v) is 1.91. The smallest absolute Gasteiger partial charge is 0.163 e. The summed E-state index contributed by atoms with van der Waals surface area (Å²) in [5.41, 5.74) is 6.20. The fourth-order valence-electron chi connectivity index (χ4n) is 0.625. The summed E-state index contributed by atoms with van der Waals surface area (Å²) >= 11 is 0. The molecule has 0 aliphatic rings. The number of carbonyl (C=O) groups is 1. The Bertz CT molecular complexity index is 259. The van der Waals surface area contributed by atoms with Crippen molar-refractivity contribution in [1.82, 2.24) is 10.2 Å². The van der Waals surface area contributed by atoms with Crippen molar-refractivity contribution in [1.29, 1.82) is 0 Å². The van der Waals surface area contributed by atoms with Crippen LogP contribution in [-0.4, -0.2) is 16.0 Å². The van der Waals surface area contributed by atoms with Crippen molar-refractivity contribution >= 4 is 11.5 Å². The van der Waals surface area contributed by atoms with Crippen LogP contribution < -0.4 is 5.73 Å². The number of anilines is 1. The third kappa shape index (κ3) is 1.10. The van der Waals surface area contributed by atoms with Crippen LogP contribution in [0, 0.1) is 0 Å². The van der Waals surface area contributed by atoms with Crippen molar-refractivity contribution in [3.8, 4) is 0 Å². The largest absolute Gasteiger partial charge is 0.397 e. The number of aromatic nitrogens is 2. The third-order valence-corrected chi connectivity index (χ3v) is 1.14. The molecule has 2 N–H and O–H groups in total. The van der Waals surface area contributed by atoms with Gasteiger partial charge in [-0.2, -0.15) is 10.2 Å². The highest BCUT2D eigenvalue weighted by Gasteiger charge is 2.02. The van der Waals surface area contributed by atoms with Crippen molar-refractivity contribution < 1.29 is 4.79 Å². The van der Waals surface area contributed by atoms with Crippen LogP contribution in [0.3, 0.4) is 0 Å². The highest BCUT2D eigenvalue weighted by atomic mass is 16.1. The standard InChI is InChI=1S/C6H7N3O/c1-4(10)5-2-8-9-3-6(5)7/h2-3H,1H3,(H2,7,8). The molecule has 0 aromatic carbocycles. The molecule has 52 valence electrons. The molecule has 1 rings (SSSR count). The molecule has 0 aliphatic carbocycles. The molecule has 0 saturated heterocycles. The lowest BCUT2D eigenvalue weighted by Gasteiger charge is -1.95. The Kier molecular flexibility index (Phi) is 1.62. The maximum atomic E-state index is 10.7. The second kappa shape index (κ2) is 2.43. The molecule has 0 aliphatic heterocycles. The van der Waals surface area contributed by atoms with Gasteiger partial charge in [-0.15, -0.1) is 0 Å². The Morgan fingerprint density at radius 3 is 2.50 bits per heavy atom. The molecule has 0 saturated carbocycles. The zero-order chi connectivity index (χ0) is 7.56. The minimum atomic E-state index is -0.0904. The monoisotopic (exact) mass is 137 g/mol. The molecule has 0 bridgehead atoms. The van der Waals surface area contributed by atoms with Gasteiger partial charge in [-0.1, -0.05) is 0 Å². The summed E-state index contributed by atoms with van der Waals surface area (Å²) in [5, 5.41) is 7.02. The molecule has 1 heterocycles. The lowest BCUT2D eigenvalue weighted by Crippen LogP contribution is -2.00. The summed E-state index contributed by atoms with van der Waals surface area (Å²) in [6.07, 6.45) is 2.72. The van der Waals surface area contributed by atoms with E-state index >= 15 is 0 Å². The summed E-state index contributed by atoms with van der Waals surface area (Å²) < 4.78 is 0. The second-order valence-electron chi connectivity index (χ2n) is 1.91. The third-order valence-electron chi connectivity index (χ3n) is 1.14. The van der Waals surface area contributed by atoms with Crippen molar-refractivity contribution in [3.63, 3.8) is 0 Å². The van der Waals surface area contributed by atoms with Crippen LogP contribution in [-0.2, 0) is 0 Å².